The second kappa shape index (κ2) is 8.74. The molecule has 0 unspecified atom stereocenters. The summed E-state index contributed by atoms with van der Waals surface area (Å²) in [6.07, 6.45) is 5.60. The van der Waals surface area contributed by atoms with Gasteiger partial charge in [0.25, 0.3) is 0 Å². The van der Waals surface area contributed by atoms with Crippen LogP contribution in [0.5, 0.6) is 0 Å². The van der Waals surface area contributed by atoms with Crippen molar-refractivity contribution in [3.63, 3.8) is 0 Å². The molecule has 0 saturated carbocycles. The number of piperidine rings is 1. The highest BCUT2D eigenvalue weighted by Crippen LogP contribution is 2.08. The van der Waals surface area contributed by atoms with Crippen LogP contribution in [0, 0.1) is 0 Å². The van der Waals surface area contributed by atoms with Crippen LogP contribution in [0.3, 0.4) is 0 Å². The van der Waals surface area contributed by atoms with Crippen molar-refractivity contribution in [2.75, 3.05) is 26.2 Å². The molecule has 0 radical (unpaired) electrons. The van der Waals surface area contributed by atoms with Crippen LogP contribution in [0.15, 0.2) is 4.99 Å². The quantitative estimate of drug-likeness (QED) is 0.216. The van der Waals surface area contributed by atoms with Gasteiger partial charge in [-0.15, -0.1) is 0 Å². The van der Waals surface area contributed by atoms with Gasteiger partial charge in [-0.05, 0) is 25.7 Å². The van der Waals surface area contributed by atoms with Crippen LogP contribution in [0.2, 0.25) is 0 Å². The molecule has 0 aromatic carbocycles. The zero-order valence-corrected chi connectivity index (χ0v) is 11.2. The first-order valence-electron chi connectivity index (χ1n) is 6.80. The Balaban J connectivity index is 2.31. The van der Waals surface area contributed by atoms with E-state index in [1.165, 1.54) is 6.42 Å². The Bertz CT molecular complexity index is 274. The number of likely N-dealkylation sites (tertiary alicyclic amines) is 1. The number of nitrogens with two attached hydrogens (primary N) is 1. The average molecular weight is 255 g/mol. The van der Waals surface area contributed by atoms with Gasteiger partial charge in [0, 0.05) is 19.6 Å². The van der Waals surface area contributed by atoms with Gasteiger partial charge in [0.15, 0.2) is 0 Å². The molecule has 1 heterocycles. The number of hydrazine groups is 1. The SMILES string of the molecule is CCCCNC(=NCC(=O)N1CCCCC1)NN. The first-order chi connectivity index (χ1) is 8.77. The van der Waals surface area contributed by atoms with E-state index in [2.05, 4.69) is 22.7 Å². The third kappa shape index (κ3) is 5.35. The average Bonchev–Trinajstić information content (AvgIpc) is 2.43. The molecular weight excluding hydrogens is 230 g/mol. The summed E-state index contributed by atoms with van der Waals surface area (Å²) in [5, 5.41) is 3.07. The summed E-state index contributed by atoms with van der Waals surface area (Å²) in [7, 11) is 0. The fourth-order valence-electron chi connectivity index (χ4n) is 1.93. The van der Waals surface area contributed by atoms with Gasteiger partial charge in [-0.2, -0.15) is 0 Å². The van der Waals surface area contributed by atoms with E-state index in [0.717, 1.165) is 45.3 Å². The first kappa shape index (κ1) is 14.8. The van der Waals surface area contributed by atoms with Gasteiger partial charge in [0.05, 0.1) is 0 Å². The van der Waals surface area contributed by atoms with E-state index < -0.39 is 0 Å². The molecule has 1 aliphatic heterocycles. The molecule has 0 aliphatic carbocycles. The van der Waals surface area contributed by atoms with Crippen LogP contribution in [0.4, 0.5) is 0 Å². The molecule has 0 aromatic rings. The van der Waals surface area contributed by atoms with Gasteiger partial charge in [0.2, 0.25) is 11.9 Å². The smallest absolute Gasteiger partial charge is 0.244 e. The third-order valence-corrected chi connectivity index (χ3v) is 3.04. The van der Waals surface area contributed by atoms with Crippen molar-refractivity contribution < 1.29 is 4.79 Å². The second-order valence-electron chi connectivity index (χ2n) is 4.53. The van der Waals surface area contributed by atoms with Crippen LogP contribution in [-0.4, -0.2) is 42.9 Å². The minimum Gasteiger partial charge on any atom is -0.355 e. The van der Waals surface area contributed by atoms with Crippen molar-refractivity contribution >= 4 is 11.9 Å². The Kier molecular flexibility index (Phi) is 7.17. The minimum atomic E-state index is 0.0831. The zero-order valence-electron chi connectivity index (χ0n) is 11.2. The predicted octanol–water partition coefficient (Wildman–Crippen LogP) is 0.208. The summed E-state index contributed by atoms with van der Waals surface area (Å²) >= 11 is 0. The molecule has 1 aliphatic rings. The Hall–Kier alpha value is -1.30. The van der Waals surface area contributed by atoms with Crippen molar-refractivity contribution in [1.29, 1.82) is 0 Å². The maximum atomic E-state index is 11.9. The van der Waals surface area contributed by atoms with Gasteiger partial charge in [-0.25, -0.2) is 10.8 Å². The van der Waals surface area contributed by atoms with E-state index in [-0.39, 0.29) is 12.5 Å². The van der Waals surface area contributed by atoms with E-state index in [1.54, 1.807) is 0 Å². The Morgan fingerprint density at radius 3 is 2.67 bits per heavy atom. The number of aliphatic imine (C=N–C) groups is 1. The summed E-state index contributed by atoms with van der Waals surface area (Å²) in [6, 6.07) is 0. The monoisotopic (exact) mass is 255 g/mol. The van der Waals surface area contributed by atoms with Crippen LogP contribution in [0.25, 0.3) is 0 Å². The number of hydrogen-bond acceptors (Lipinski definition) is 3. The third-order valence-electron chi connectivity index (χ3n) is 3.04. The lowest BCUT2D eigenvalue weighted by molar-refractivity contribution is -0.130. The summed E-state index contributed by atoms with van der Waals surface area (Å²) in [5.41, 5.74) is 2.49. The van der Waals surface area contributed by atoms with Crippen LogP contribution >= 0.6 is 0 Å². The molecule has 0 atom stereocenters. The summed E-state index contributed by atoms with van der Waals surface area (Å²) in [5.74, 6) is 5.93. The van der Waals surface area contributed by atoms with E-state index in [4.69, 9.17) is 5.84 Å². The van der Waals surface area contributed by atoms with Gasteiger partial charge in [-0.3, -0.25) is 10.2 Å². The highest BCUT2D eigenvalue weighted by molar-refractivity contribution is 5.84. The number of carbonyl (C=O) groups excluding carboxylic acids is 1. The van der Waals surface area contributed by atoms with Crippen molar-refractivity contribution in [3.05, 3.63) is 0 Å². The molecule has 0 spiro atoms. The Labute approximate surface area is 109 Å². The molecule has 1 saturated heterocycles. The predicted molar refractivity (Wildman–Crippen MR) is 73.0 cm³/mol. The fraction of sp³-hybridized carbons (Fsp3) is 0.833. The van der Waals surface area contributed by atoms with Crippen molar-refractivity contribution in [1.82, 2.24) is 15.6 Å². The van der Waals surface area contributed by atoms with Crippen LogP contribution in [0.1, 0.15) is 39.0 Å². The Morgan fingerprint density at radius 2 is 2.06 bits per heavy atom. The highest BCUT2D eigenvalue weighted by atomic mass is 16.2. The summed E-state index contributed by atoms with van der Waals surface area (Å²) < 4.78 is 0. The standard InChI is InChI=1S/C12H25N5O/c1-2-3-7-14-12(16-13)15-10-11(18)17-8-5-4-6-9-17/h2-10,13H2,1H3,(H2,14,15,16). The van der Waals surface area contributed by atoms with Crippen LogP contribution < -0.4 is 16.6 Å². The lowest BCUT2D eigenvalue weighted by Gasteiger charge is -2.26. The van der Waals surface area contributed by atoms with E-state index in [1.807, 2.05) is 4.90 Å². The lowest BCUT2D eigenvalue weighted by Crippen LogP contribution is -2.43. The maximum absolute atomic E-state index is 11.9. The number of amides is 1. The number of nitrogens with one attached hydrogen (secondary N) is 2. The number of unbranched alkanes of at least 4 members (excludes halogenated alkanes) is 1. The second-order valence-corrected chi connectivity index (χ2v) is 4.53. The largest absolute Gasteiger partial charge is 0.355 e. The number of nitrogens with zero attached hydrogens (tertiary/aromatic N) is 2. The fourth-order valence-corrected chi connectivity index (χ4v) is 1.93. The minimum absolute atomic E-state index is 0.0831. The van der Waals surface area contributed by atoms with E-state index in [0.29, 0.717) is 5.96 Å². The summed E-state index contributed by atoms with van der Waals surface area (Å²) in [6.45, 7) is 4.83. The summed E-state index contributed by atoms with van der Waals surface area (Å²) in [4.78, 5) is 17.9. The van der Waals surface area contributed by atoms with E-state index in [9.17, 15) is 4.79 Å². The van der Waals surface area contributed by atoms with E-state index >= 15 is 0 Å². The van der Waals surface area contributed by atoms with Crippen molar-refractivity contribution in [3.8, 4) is 0 Å². The van der Waals surface area contributed by atoms with Crippen LogP contribution in [-0.2, 0) is 4.79 Å². The van der Waals surface area contributed by atoms with Crippen molar-refractivity contribution in [2.45, 2.75) is 39.0 Å². The topological polar surface area (TPSA) is 82.8 Å². The lowest BCUT2D eigenvalue weighted by atomic mass is 10.1. The van der Waals surface area contributed by atoms with Crippen molar-refractivity contribution in [2.24, 2.45) is 10.8 Å². The zero-order chi connectivity index (χ0) is 13.2. The normalized spacial score (nSPS) is 16.6. The van der Waals surface area contributed by atoms with Gasteiger partial charge in [-0.1, -0.05) is 13.3 Å². The molecule has 4 N–H and O–H groups in total. The molecule has 1 rings (SSSR count). The molecule has 0 bridgehead atoms. The highest BCUT2D eigenvalue weighted by Gasteiger charge is 2.15. The number of rotatable bonds is 5. The molecule has 18 heavy (non-hydrogen) atoms. The van der Waals surface area contributed by atoms with Gasteiger partial charge >= 0.3 is 0 Å². The Morgan fingerprint density at radius 1 is 1.33 bits per heavy atom. The maximum Gasteiger partial charge on any atom is 0.244 e. The molecule has 6 nitrogen and oxygen atoms in total. The number of hydrogen-bond donors (Lipinski definition) is 3. The van der Waals surface area contributed by atoms with Gasteiger partial charge < -0.3 is 10.2 Å². The molecule has 0 aromatic heterocycles. The molecule has 104 valence electrons. The molecule has 1 fully saturated rings. The molecule has 1 amide bonds. The molecular formula is C12H25N5O. The number of guanidine groups is 1. The van der Waals surface area contributed by atoms with Gasteiger partial charge in [0.1, 0.15) is 6.54 Å². The number of carbonyl (C=O) groups is 1. The first-order valence-corrected chi connectivity index (χ1v) is 6.80. The molecule has 6 heteroatoms.